The summed E-state index contributed by atoms with van der Waals surface area (Å²) in [5, 5.41) is 3.07. The number of likely N-dealkylation sites (N-methyl/N-ethyl adjacent to an activating group) is 1. The van der Waals surface area contributed by atoms with Gasteiger partial charge in [-0.15, -0.1) is 0 Å². The fourth-order valence-electron chi connectivity index (χ4n) is 2.02. The van der Waals surface area contributed by atoms with Crippen molar-refractivity contribution in [3.05, 3.63) is 0 Å². The van der Waals surface area contributed by atoms with Crippen molar-refractivity contribution in [1.82, 2.24) is 10.2 Å². The number of hydrogen-bond donors (Lipinski definition) is 1. The number of piperidine rings is 1. The standard InChI is InChI=1S/C11H19F3N2O/c1-8-4-3-6-15-9(8)10(17)16(2)7-5-11(12,13)14/h8-9,15H,3-7H2,1-2H3. The van der Waals surface area contributed by atoms with E-state index in [1.54, 1.807) is 0 Å². The molecule has 1 saturated heterocycles. The molecule has 17 heavy (non-hydrogen) atoms. The average Bonchev–Trinajstić information content (AvgIpc) is 2.24. The van der Waals surface area contributed by atoms with Crippen molar-refractivity contribution >= 4 is 5.91 Å². The SMILES string of the molecule is CC1CCCNC1C(=O)N(C)CCC(F)(F)F. The highest BCUT2D eigenvalue weighted by atomic mass is 19.4. The molecule has 1 amide bonds. The normalized spacial score (nSPS) is 25.7. The lowest BCUT2D eigenvalue weighted by atomic mass is 9.92. The van der Waals surface area contributed by atoms with Gasteiger partial charge in [-0.1, -0.05) is 6.92 Å². The third-order valence-corrected chi connectivity index (χ3v) is 3.14. The summed E-state index contributed by atoms with van der Waals surface area (Å²) in [6.45, 7) is 2.44. The molecule has 2 unspecified atom stereocenters. The molecule has 1 heterocycles. The molecule has 3 nitrogen and oxygen atoms in total. The van der Waals surface area contributed by atoms with Gasteiger partial charge < -0.3 is 10.2 Å². The summed E-state index contributed by atoms with van der Waals surface area (Å²) >= 11 is 0. The van der Waals surface area contributed by atoms with Crippen molar-refractivity contribution in [1.29, 1.82) is 0 Å². The van der Waals surface area contributed by atoms with Gasteiger partial charge in [-0.3, -0.25) is 4.79 Å². The first-order chi connectivity index (χ1) is 7.81. The minimum absolute atomic E-state index is 0.185. The number of nitrogens with one attached hydrogen (secondary N) is 1. The van der Waals surface area contributed by atoms with Crippen molar-refractivity contribution < 1.29 is 18.0 Å². The molecule has 0 aromatic heterocycles. The van der Waals surface area contributed by atoms with E-state index in [4.69, 9.17) is 0 Å². The second-order valence-corrected chi connectivity index (χ2v) is 4.68. The van der Waals surface area contributed by atoms with Crippen LogP contribution < -0.4 is 5.32 Å². The van der Waals surface area contributed by atoms with Crippen LogP contribution in [-0.2, 0) is 4.79 Å². The van der Waals surface area contributed by atoms with Crippen molar-refractivity contribution in [3.63, 3.8) is 0 Å². The summed E-state index contributed by atoms with van der Waals surface area (Å²) in [5.74, 6) is -0.0500. The van der Waals surface area contributed by atoms with Crippen molar-refractivity contribution in [2.75, 3.05) is 20.1 Å². The first-order valence-electron chi connectivity index (χ1n) is 5.86. The van der Waals surface area contributed by atoms with Crippen LogP contribution in [0.5, 0.6) is 0 Å². The van der Waals surface area contributed by atoms with Crippen LogP contribution in [0.2, 0.25) is 0 Å². The Bertz CT molecular complexity index is 268. The minimum Gasteiger partial charge on any atom is -0.344 e. The van der Waals surface area contributed by atoms with Gasteiger partial charge in [-0.05, 0) is 25.3 Å². The van der Waals surface area contributed by atoms with Crippen LogP contribution in [0.3, 0.4) is 0 Å². The van der Waals surface area contributed by atoms with Crippen LogP contribution in [0.25, 0.3) is 0 Å². The maximum atomic E-state index is 12.0. The van der Waals surface area contributed by atoms with Crippen molar-refractivity contribution in [2.45, 2.75) is 38.4 Å². The number of amides is 1. The van der Waals surface area contributed by atoms with Gasteiger partial charge in [0.25, 0.3) is 0 Å². The molecule has 1 N–H and O–H groups in total. The average molecular weight is 252 g/mol. The quantitative estimate of drug-likeness (QED) is 0.830. The lowest BCUT2D eigenvalue weighted by Crippen LogP contribution is -2.51. The van der Waals surface area contributed by atoms with E-state index in [-0.39, 0.29) is 24.4 Å². The zero-order valence-corrected chi connectivity index (χ0v) is 10.2. The summed E-state index contributed by atoms with van der Waals surface area (Å²) in [7, 11) is 1.43. The Morgan fingerprint density at radius 3 is 2.65 bits per heavy atom. The smallest absolute Gasteiger partial charge is 0.344 e. The summed E-state index contributed by atoms with van der Waals surface area (Å²) in [6.07, 6.45) is -3.20. The van der Waals surface area contributed by atoms with Gasteiger partial charge in [0.15, 0.2) is 0 Å². The zero-order chi connectivity index (χ0) is 13.1. The number of halogens is 3. The second kappa shape index (κ2) is 5.71. The Labute approximate surface area is 99.4 Å². The van der Waals surface area contributed by atoms with E-state index in [0.29, 0.717) is 0 Å². The highest BCUT2D eigenvalue weighted by Crippen LogP contribution is 2.21. The first-order valence-corrected chi connectivity index (χ1v) is 5.86. The van der Waals surface area contributed by atoms with Crippen molar-refractivity contribution in [3.8, 4) is 0 Å². The molecule has 0 aliphatic carbocycles. The van der Waals surface area contributed by atoms with Crippen molar-refractivity contribution in [2.24, 2.45) is 5.92 Å². The predicted octanol–water partition coefficient (Wildman–Crippen LogP) is 1.79. The van der Waals surface area contributed by atoms with Gasteiger partial charge >= 0.3 is 6.18 Å². The first kappa shape index (κ1) is 14.3. The largest absolute Gasteiger partial charge is 0.390 e. The third-order valence-electron chi connectivity index (χ3n) is 3.14. The van der Waals surface area contributed by atoms with E-state index < -0.39 is 12.6 Å². The van der Waals surface area contributed by atoms with Gasteiger partial charge in [0.2, 0.25) is 5.91 Å². The minimum atomic E-state index is -4.21. The highest BCUT2D eigenvalue weighted by molar-refractivity contribution is 5.82. The second-order valence-electron chi connectivity index (χ2n) is 4.68. The van der Waals surface area contributed by atoms with Gasteiger partial charge in [0.1, 0.15) is 0 Å². The Morgan fingerprint density at radius 1 is 1.47 bits per heavy atom. The molecular formula is C11H19F3N2O. The Morgan fingerprint density at radius 2 is 2.12 bits per heavy atom. The Kier molecular flexibility index (Phi) is 4.80. The molecule has 1 aliphatic heterocycles. The number of alkyl halides is 3. The monoisotopic (exact) mass is 252 g/mol. The van der Waals surface area contributed by atoms with Gasteiger partial charge in [0, 0.05) is 13.6 Å². The highest BCUT2D eigenvalue weighted by Gasteiger charge is 2.32. The fourth-order valence-corrected chi connectivity index (χ4v) is 2.02. The van der Waals surface area contributed by atoms with E-state index >= 15 is 0 Å². The summed E-state index contributed by atoms with van der Waals surface area (Å²) in [5.41, 5.74) is 0. The van der Waals surface area contributed by atoms with Crippen LogP contribution in [0.4, 0.5) is 13.2 Å². The Balaban J connectivity index is 2.45. The van der Waals surface area contributed by atoms with E-state index in [0.717, 1.165) is 19.4 Å². The molecule has 0 saturated carbocycles. The van der Waals surface area contributed by atoms with E-state index in [1.165, 1.54) is 11.9 Å². The lowest BCUT2D eigenvalue weighted by molar-refractivity contribution is -0.145. The molecular weight excluding hydrogens is 233 g/mol. The Hall–Kier alpha value is -0.780. The fraction of sp³-hybridized carbons (Fsp3) is 0.909. The summed E-state index contributed by atoms with van der Waals surface area (Å²) in [6, 6.07) is -0.331. The molecule has 1 fully saturated rings. The molecule has 0 radical (unpaired) electrons. The van der Waals surface area contributed by atoms with Gasteiger partial charge in [-0.2, -0.15) is 13.2 Å². The predicted molar refractivity (Wildman–Crippen MR) is 58.5 cm³/mol. The zero-order valence-electron chi connectivity index (χ0n) is 10.2. The topological polar surface area (TPSA) is 32.3 Å². The van der Waals surface area contributed by atoms with Crippen LogP contribution in [0, 0.1) is 5.92 Å². The number of nitrogens with zero attached hydrogens (tertiary/aromatic N) is 1. The number of carbonyl (C=O) groups excluding carboxylic acids is 1. The van der Waals surface area contributed by atoms with E-state index in [1.807, 2.05) is 6.92 Å². The molecule has 0 aromatic carbocycles. The molecule has 0 bridgehead atoms. The van der Waals surface area contributed by atoms with Gasteiger partial charge in [0.05, 0.1) is 12.5 Å². The maximum Gasteiger partial charge on any atom is 0.390 e. The summed E-state index contributed by atoms with van der Waals surface area (Å²) in [4.78, 5) is 13.1. The maximum absolute atomic E-state index is 12.0. The molecule has 0 aromatic rings. The number of carbonyl (C=O) groups is 1. The van der Waals surface area contributed by atoms with Crippen LogP contribution in [-0.4, -0.2) is 43.2 Å². The number of rotatable bonds is 3. The van der Waals surface area contributed by atoms with E-state index in [9.17, 15) is 18.0 Å². The number of hydrogen-bond acceptors (Lipinski definition) is 2. The molecule has 100 valence electrons. The molecule has 1 rings (SSSR count). The molecule has 1 aliphatic rings. The third kappa shape index (κ3) is 4.53. The lowest BCUT2D eigenvalue weighted by Gasteiger charge is -2.32. The molecule has 2 atom stereocenters. The summed E-state index contributed by atoms with van der Waals surface area (Å²) < 4.78 is 36.1. The molecule has 0 spiro atoms. The van der Waals surface area contributed by atoms with Gasteiger partial charge in [-0.25, -0.2) is 0 Å². The van der Waals surface area contributed by atoms with Crippen LogP contribution in [0.1, 0.15) is 26.2 Å². The van der Waals surface area contributed by atoms with Crippen LogP contribution >= 0.6 is 0 Å². The molecule has 6 heteroatoms. The van der Waals surface area contributed by atoms with E-state index in [2.05, 4.69) is 5.32 Å². The van der Waals surface area contributed by atoms with Crippen LogP contribution in [0.15, 0.2) is 0 Å².